The number of benzene rings is 3. The lowest BCUT2D eigenvalue weighted by molar-refractivity contribution is -0.129. The van der Waals surface area contributed by atoms with Crippen molar-refractivity contribution in [3.05, 3.63) is 88.5 Å². The van der Waals surface area contributed by atoms with Gasteiger partial charge in [0.15, 0.2) is 5.78 Å². The molecular formula is C39H48O4. The SMILES string of the molecule is CCCC(CC1CC(=O)c2c(C)ccc(-c3ccc(CCCc4ccc(OC)cc4)cc3)c2C1)C(CC)C(=O)CC(C)=O. The first kappa shape index (κ1) is 32.4. The van der Waals surface area contributed by atoms with Crippen molar-refractivity contribution in [1.82, 2.24) is 0 Å². The van der Waals surface area contributed by atoms with Crippen LogP contribution >= 0.6 is 0 Å². The Kier molecular flexibility index (Phi) is 11.5. The quantitative estimate of drug-likeness (QED) is 0.168. The van der Waals surface area contributed by atoms with Gasteiger partial charge in [-0.25, -0.2) is 0 Å². The lowest BCUT2D eigenvalue weighted by atomic mass is 9.71. The third-order valence-electron chi connectivity index (χ3n) is 9.26. The predicted octanol–water partition coefficient (Wildman–Crippen LogP) is 8.97. The summed E-state index contributed by atoms with van der Waals surface area (Å²) in [7, 11) is 1.69. The summed E-state index contributed by atoms with van der Waals surface area (Å²) in [6.45, 7) is 7.74. The van der Waals surface area contributed by atoms with E-state index in [0.717, 1.165) is 84.9 Å². The number of carbonyl (C=O) groups excluding carboxylic acids is 3. The molecule has 0 saturated carbocycles. The van der Waals surface area contributed by atoms with Crippen molar-refractivity contribution in [2.75, 3.05) is 7.11 Å². The van der Waals surface area contributed by atoms with E-state index >= 15 is 0 Å². The van der Waals surface area contributed by atoms with Crippen LogP contribution in [0.3, 0.4) is 0 Å². The molecule has 4 nitrogen and oxygen atoms in total. The van der Waals surface area contributed by atoms with E-state index in [1.165, 1.54) is 18.1 Å². The van der Waals surface area contributed by atoms with Crippen molar-refractivity contribution >= 4 is 17.3 Å². The monoisotopic (exact) mass is 580 g/mol. The van der Waals surface area contributed by atoms with Crippen LogP contribution in [0.1, 0.15) is 98.3 Å². The van der Waals surface area contributed by atoms with Crippen molar-refractivity contribution in [2.45, 2.75) is 91.9 Å². The van der Waals surface area contributed by atoms with E-state index in [1.807, 2.05) is 19.1 Å². The van der Waals surface area contributed by atoms with Crippen LogP contribution in [0.2, 0.25) is 0 Å². The van der Waals surface area contributed by atoms with Gasteiger partial charge in [0.1, 0.15) is 17.3 Å². The Morgan fingerprint density at radius 2 is 1.56 bits per heavy atom. The number of hydrogen-bond acceptors (Lipinski definition) is 4. The highest BCUT2D eigenvalue weighted by Crippen LogP contribution is 2.40. The van der Waals surface area contributed by atoms with Crippen LogP contribution in [0.25, 0.3) is 11.1 Å². The molecule has 1 aliphatic carbocycles. The summed E-state index contributed by atoms with van der Waals surface area (Å²) in [6, 6.07) is 21.4. The van der Waals surface area contributed by atoms with Crippen molar-refractivity contribution in [2.24, 2.45) is 17.8 Å². The van der Waals surface area contributed by atoms with E-state index in [-0.39, 0.29) is 41.5 Å². The van der Waals surface area contributed by atoms with E-state index in [2.05, 4.69) is 62.4 Å². The van der Waals surface area contributed by atoms with E-state index in [9.17, 15) is 14.4 Å². The molecular weight excluding hydrogens is 532 g/mol. The molecule has 0 bridgehead atoms. The van der Waals surface area contributed by atoms with Crippen LogP contribution < -0.4 is 4.74 Å². The molecule has 0 aromatic heterocycles. The molecule has 0 N–H and O–H groups in total. The largest absolute Gasteiger partial charge is 0.497 e. The molecule has 0 saturated heterocycles. The summed E-state index contributed by atoms with van der Waals surface area (Å²) in [5.41, 5.74) is 8.03. The molecule has 4 heteroatoms. The number of carbonyl (C=O) groups is 3. The third kappa shape index (κ3) is 8.31. The molecule has 43 heavy (non-hydrogen) atoms. The lowest BCUT2D eigenvalue weighted by Gasteiger charge is -2.32. The van der Waals surface area contributed by atoms with Crippen molar-refractivity contribution in [3.63, 3.8) is 0 Å². The highest BCUT2D eigenvalue weighted by Gasteiger charge is 2.34. The number of rotatable bonds is 15. The number of fused-ring (bicyclic) bond motifs is 1. The number of Topliss-reactive ketones (excluding diaryl/α,β-unsaturated/α-hetero) is 3. The molecule has 3 aromatic rings. The normalized spacial score (nSPS) is 15.9. The molecule has 3 aromatic carbocycles. The summed E-state index contributed by atoms with van der Waals surface area (Å²) in [6.07, 6.45) is 8.04. The Morgan fingerprint density at radius 3 is 2.14 bits per heavy atom. The number of ether oxygens (including phenoxy) is 1. The Labute approximate surface area is 258 Å². The number of methoxy groups -OCH3 is 1. The average Bonchev–Trinajstić information content (AvgIpc) is 2.98. The van der Waals surface area contributed by atoms with Crippen LogP contribution in [-0.2, 0) is 28.9 Å². The highest BCUT2D eigenvalue weighted by molar-refractivity contribution is 6.02. The molecule has 4 rings (SSSR count). The molecule has 228 valence electrons. The Bertz CT molecular complexity index is 1400. The topological polar surface area (TPSA) is 60.4 Å². The second-order valence-corrected chi connectivity index (χ2v) is 12.5. The minimum absolute atomic E-state index is 0.0198. The maximum Gasteiger partial charge on any atom is 0.163 e. The van der Waals surface area contributed by atoms with Gasteiger partial charge in [0.05, 0.1) is 13.5 Å². The molecule has 1 aliphatic rings. The summed E-state index contributed by atoms with van der Waals surface area (Å²) in [5, 5.41) is 0. The standard InChI is InChI=1S/C39H48O4/c1-6-9-32(34(7-2)37(41)22-27(4)40)23-30-24-36-35(21-12-26(3)39(36)38(42)25-30)31-17-13-28(14-18-31)10-8-11-29-15-19-33(43-5)20-16-29/h12-21,30,32,34H,6-11,22-25H2,1-5H3. The van der Waals surface area contributed by atoms with Gasteiger partial charge in [-0.1, -0.05) is 75.2 Å². The molecule has 0 amide bonds. The third-order valence-corrected chi connectivity index (χ3v) is 9.26. The molecule has 3 atom stereocenters. The van der Waals surface area contributed by atoms with Crippen LogP contribution in [-0.4, -0.2) is 24.5 Å². The van der Waals surface area contributed by atoms with Gasteiger partial charge >= 0.3 is 0 Å². The summed E-state index contributed by atoms with van der Waals surface area (Å²) in [4.78, 5) is 38.3. The number of aryl methyl sites for hydroxylation is 3. The average molecular weight is 581 g/mol. The summed E-state index contributed by atoms with van der Waals surface area (Å²) < 4.78 is 5.26. The van der Waals surface area contributed by atoms with Gasteiger partial charge in [0, 0.05) is 17.9 Å². The van der Waals surface area contributed by atoms with E-state index in [1.54, 1.807) is 7.11 Å². The van der Waals surface area contributed by atoms with Crippen molar-refractivity contribution < 1.29 is 19.1 Å². The number of hydrogen-bond donors (Lipinski definition) is 0. The van der Waals surface area contributed by atoms with Gasteiger partial charge in [0.2, 0.25) is 0 Å². The first-order valence-electron chi connectivity index (χ1n) is 16.1. The van der Waals surface area contributed by atoms with Crippen LogP contribution in [0, 0.1) is 24.7 Å². The van der Waals surface area contributed by atoms with Crippen molar-refractivity contribution in [1.29, 1.82) is 0 Å². The Morgan fingerprint density at radius 1 is 0.907 bits per heavy atom. The van der Waals surface area contributed by atoms with E-state index in [0.29, 0.717) is 6.42 Å². The van der Waals surface area contributed by atoms with Gasteiger partial charge in [0.25, 0.3) is 0 Å². The Hall–Kier alpha value is -3.53. The fraction of sp³-hybridized carbons (Fsp3) is 0.462. The van der Waals surface area contributed by atoms with E-state index < -0.39 is 0 Å². The Balaban J connectivity index is 1.49. The van der Waals surface area contributed by atoms with Crippen molar-refractivity contribution in [3.8, 4) is 16.9 Å². The molecule has 0 heterocycles. The minimum atomic E-state index is -0.116. The zero-order valence-corrected chi connectivity index (χ0v) is 26.7. The zero-order chi connectivity index (χ0) is 30.9. The molecule has 0 radical (unpaired) electrons. The second kappa shape index (κ2) is 15.3. The molecule has 0 fully saturated rings. The zero-order valence-electron chi connectivity index (χ0n) is 26.7. The number of ketones is 3. The van der Waals surface area contributed by atoms with Crippen LogP contribution in [0.15, 0.2) is 60.7 Å². The van der Waals surface area contributed by atoms with Crippen LogP contribution in [0.5, 0.6) is 5.75 Å². The van der Waals surface area contributed by atoms with Crippen LogP contribution in [0.4, 0.5) is 0 Å². The predicted molar refractivity (Wildman–Crippen MR) is 175 cm³/mol. The van der Waals surface area contributed by atoms with E-state index in [4.69, 9.17) is 4.74 Å². The summed E-state index contributed by atoms with van der Waals surface area (Å²) in [5.74, 6) is 1.39. The molecule has 3 unspecified atom stereocenters. The molecule has 0 aliphatic heterocycles. The molecule has 0 spiro atoms. The highest BCUT2D eigenvalue weighted by atomic mass is 16.5. The minimum Gasteiger partial charge on any atom is -0.497 e. The first-order valence-corrected chi connectivity index (χ1v) is 16.1. The fourth-order valence-corrected chi connectivity index (χ4v) is 7.15. The fourth-order valence-electron chi connectivity index (χ4n) is 7.15. The summed E-state index contributed by atoms with van der Waals surface area (Å²) >= 11 is 0. The maximum absolute atomic E-state index is 13.6. The second-order valence-electron chi connectivity index (χ2n) is 12.5. The lowest BCUT2D eigenvalue weighted by Crippen LogP contribution is -2.30. The van der Waals surface area contributed by atoms with Gasteiger partial charge in [-0.05, 0) is 110 Å². The van der Waals surface area contributed by atoms with Gasteiger partial charge in [-0.3, -0.25) is 14.4 Å². The first-order chi connectivity index (χ1) is 20.7. The smallest absolute Gasteiger partial charge is 0.163 e. The maximum atomic E-state index is 13.6. The van der Waals surface area contributed by atoms with Gasteiger partial charge in [-0.2, -0.15) is 0 Å². The van der Waals surface area contributed by atoms with Gasteiger partial charge in [-0.15, -0.1) is 0 Å². The van der Waals surface area contributed by atoms with Gasteiger partial charge < -0.3 is 4.74 Å².